The Kier molecular flexibility index (Phi) is 7.15. The Balaban J connectivity index is 1.54. The second-order valence-electron chi connectivity index (χ2n) is 6.92. The largest absolute Gasteiger partial charge is 0.497 e. The number of hydrogen-bond donors (Lipinski definition) is 1. The first-order valence-electron chi connectivity index (χ1n) is 9.68. The average Bonchev–Trinajstić information content (AvgIpc) is 3.09. The van der Waals surface area contributed by atoms with Gasteiger partial charge in [-0.1, -0.05) is 43.9 Å². The topological polar surface area (TPSA) is 69.0 Å². The van der Waals surface area contributed by atoms with Gasteiger partial charge in [0.25, 0.3) is 0 Å². The van der Waals surface area contributed by atoms with E-state index in [2.05, 4.69) is 27.0 Å². The highest BCUT2D eigenvalue weighted by Gasteiger charge is 2.19. The lowest BCUT2D eigenvalue weighted by atomic mass is 9.87. The summed E-state index contributed by atoms with van der Waals surface area (Å²) in [6, 6.07) is 7.32. The Morgan fingerprint density at radius 3 is 2.63 bits per heavy atom. The zero-order chi connectivity index (χ0) is 19.1. The summed E-state index contributed by atoms with van der Waals surface area (Å²) < 4.78 is 7.28. The lowest BCUT2D eigenvalue weighted by molar-refractivity contribution is -0.113. The number of carbonyl (C=O) groups excluding carboxylic acids is 1. The summed E-state index contributed by atoms with van der Waals surface area (Å²) in [4.78, 5) is 12.2. The van der Waals surface area contributed by atoms with Crippen LogP contribution in [0.1, 0.15) is 44.9 Å². The highest BCUT2D eigenvalue weighted by Crippen LogP contribution is 2.27. The maximum absolute atomic E-state index is 12.2. The lowest BCUT2D eigenvalue weighted by Gasteiger charge is -2.21. The summed E-state index contributed by atoms with van der Waals surface area (Å²) in [5.74, 6) is 2.81. The van der Waals surface area contributed by atoms with Crippen LogP contribution in [0.25, 0.3) is 0 Å². The summed E-state index contributed by atoms with van der Waals surface area (Å²) in [5, 5.41) is 12.5. The molecule has 146 valence electrons. The van der Waals surface area contributed by atoms with Crippen LogP contribution in [-0.4, -0.2) is 33.5 Å². The quantitative estimate of drug-likeness (QED) is 0.688. The van der Waals surface area contributed by atoms with Crippen molar-refractivity contribution in [3.63, 3.8) is 0 Å². The summed E-state index contributed by atoms with van der Waals surface area (Å²) in [5.41, 5.74) is 0.761. The molecule has 1 aliphatic carbocycles. The van der Waals surface area contributed by atoms with Crippen LogP contribution in [0.3, 0.4) is 0 Å². The molecule has 1 heterocycles. The van der Waals surface area contributed by atoms with Crippen LogP contribution < -0.4 is 10.1 Å². The predicted octanol–water partition coefficient (Wildman–Crippen LogP) is 4.16. The van der Waals surface area contributed by atoms with Gasteiger partial charge in [-0.15, -0.1) is 10.2 Å². The number of rotatable bonds is 8. The fourth-order valence-electron chi connectivity index (χ4n) is 3.55. The van der Waals surface area contributed by atoms with Gasteiger partial charge in [-0.05, 0) is 37.1 Å². The molecule has 1 fully saturated rings. The molecular formula is C20H28N4O2S. The summed E-state index contributed by atoms with van der Waals surface area (Å²) in [7, 11) is 1.62. The van der Waals surface area contributed by atoms with Gasteiger partial charge < -0.3 is 14.6 Å². The van der Waals surface area contributed by atoms with E-state index in [4.69, 9.17) is 4.74 Å². The molecule has 3 rings (SSSR count). The number of carbonyl (C=O) groups is 1. The van der Waals surface area contributed by atoms with Gasteiger partial charge in [0.2, 0.25) is 5.91 Å². The molecule has 0 unspecified atom stereocenters. The fourth-order valence-corrected chi connectivity index (χ4v) is 4.37. The first-order chi connectivity index (χ1) is 13.2. The van der Waals surface area contributed by atoms with E-state index in [0.717, 1.165) is 41.3 Å². The minimum absolute atomic E-state index is 0.0512. The third kappa shape index (κ3) is 5.48. The van der Waals surface area contributed by atoms with Crippen LogP contribution in [0.15, 0.2) is 29.4 Å². The van der Waals surface area contributed by atoms with E-state index in [1.165, 1.54) is 43.9 Å². The van der Waals surface area contributed by atoms with Gasteiger partial charge in [-0.3, -0.25) is 4.79 Å². The molecule has 0 radical (unpaired) electrons. The van der Waals surface area contributed by atoms with Gasteiger partial charge in [-0.25, -0.2) is 0 Å². The van der Waals surface area contributed by atoms with E-state index in [-0.39, 0.29) is 5.91 Å². The predicted molar refractivity (Wildman–Crippen MR) is 108 cm³/mol. The molecule has 0 spiro atoms. The SMILES string of the molecule is CCn1c(CC2CCCCC2)nnc1SCC(=O)Nc1ccc(OC)cc1. The van der Waals surface area contributed by atoms with Crippen molar-refractivity contribution in [1.82, 2.24) is 14.8 Å². The molecule has 1 aromatic heterocycles. The zero-order valence-corrected chi connectivity index (χ0v) is 16.9. The van der Waals surface area contributed by atoms with E-state index in [1.807, 2.05) is 24.3 Å². The van der Waals surface area contributed by atoms with Gasteiger partial charge in [0.05, 0.1) is 12.9 Å². The van der Waals surface area contributed by atoms with Crippen molar-refractivity contribution in [2.45, 2.75) is 57.1 Å². The Labute approximate surface area is 165 Å². The highest BCUT2D eigenvalue weighted by molar-refractivity contribution is 7.99. The molecule has 1 aromatic carbocycles. The van der Waals surface area contributed by atoms with Crippen molar-refractivity contribution in [1.29, 1.82) is 0 Å². The lowest BCUT2D eigenvalue weighted by Crippen LogP contribution is -2.15. The molecule has 7 heteroatoms. The maximum atomic E-state index is 12.2. The Bertz CT molecular complexity index is 739. The molecule has 0 atom stereocenters. The molecule has 1 saturated carbocycles. The van der Waals surface area contributed by atoms with Crippen LogP contribution in [0.5, 0.6) is 5.75 Å². The normalized spacial score (nSPS) is 14.9. The van der Waals surface area contributed by atoms with Crippen LogP contribution in [0, 0.1) is 5.92 Å². The van der Waals surface area contributed by atoms with Crippen LogP contribution in [0.4, 0.5) is 5.69 Å². The first-order valence-corrected chi connectivity index (χ1v) is 10.7. The third-order valence-corrected chi connectivity index (χ3v) is 5.98. The number of anilines is 1. The van der Waals surface area contributed by atoms with E-state index in [9.17, 15) is 4.79 Å². The molecule has 1 amide bonds. The molecule has 0 aliphatic heterocycles. The second kappa shape index (κ2) is 9.78. The van der Waals surface area contributed by atoms with Gasteiger partial charge in [0, 0.05) is 18.7 Å². The van der Waals surface area contributed by atoms with E-state index >= 15 is 0 Å². The van der Waals surface area contributed by atoms with Crippen LogP contribution in [0.2, 0.25) is 0 Å². The van der Waals surface area contributed by atoms with E-state index < -0.39 is 0 Å². The van der Waals surface area contributed by atoms with Crippen molar-refractivity contribution in [2.24, 2.45) is 5.92 Å². The van der Waals surface area contributed by atoms with Crippen molar-refractivity contribution in [3.05, 3.63) is 30.1 Å². The molecule has 0 bridgehead atoms. The van der Waals surface area contributed by atoms with Crippen molar-refractivity contribution < 1.29 is 9.53 Å². The fraction of sp³-hybridized carbons (Fsp3) is 0.550. The average molecular weight is 389 g/mol. The van der Waals surface area contributed by atoms with E-state index in [0.29, 0.717) is 5.75 Å². The Hall–Kier alpha value is -2.02. The molecule has 0 saturated heterocycles. The van der Waals surface area contributed by atoms with Gasteiger partial charge in [-0.2, -0.15) is 0 Å². The van der Waals surface area contributed by atoms with Crippen molar-refractivity contribution in [2.75, 3.05) is 18.2 Å². The summed E-state index contributed by atoms with van der Waals surface area (Å²) in [6.07, 6.45) is 7.61. The minimum Gasteiger partial charge on any atom is -0.497 e. The van der Waals surface area contributed by atoms with Crippen LogP contribution >= 0.6 is 11.8 Å². The molecule has 2 aromatic rings. The third-order valence-electron chi connectivity index (χ3n) is 5.01. The number of methoxy groups -OCH3 is 1. The molecule has 6 nitrogen and oxygen atoms in total. The van der Waals surface area contributed by atoms with Crippen molar-refractivity contribution >= 4 is 23.4 Å². The summed E-state index contributed by atoms with van der Waals surface area (Å²) in [6.45, 7) is 2.94. The number of nitrogens with zero attached hydrogens (tertiary/aromatic N) is 3. The number of benzene rings is 1. The highest BCUT2D eigenvalue weighted by atomic mass is 32.2. The van der Waals surface area contributed by atoms with Gasteiger partial charge in [0.15, 0.2) is 5.16 Å². The number of nitrogens with one attached hydrogen (secondary N) is 1. The smallest absolute Gasteiger partial charge is 0.234 e. The Morgan fingerprint density at radius 1 is 1.22 bits per heavy atom. The standard InChI is InChI=1S/C20H28N4O2S/c1-3-24-18(13-15-7-5-4-6-8-15)22-23-20(24)27-14-19(25)21-16-9-11-17(26-2)12-10-16/h9-12,15H,3-8,13-14H2,1-2H3,(H,21,25). The second-order valence-corrected chi connectivity index (χ2v) is 7.86. The monoisotopic (exact) mass is 388 g/mol. The van der Waals surface area contributed by atoms with E-state index in [1.54, 1.807) is 7.11 Å². The maximum Gasteiger partial charge on any atom is 0.234 e. The number of amides is 1. The first kappa shape index (κ1) is 19.7. The molecule has 1 N–H and O–H groups in total. The summed E-state index contributed by atoms with van der Waals surface area (Å²) >= 11 is 1.44. The number of hydrogen-bond acceptors (Lipinski definition) is 5. The number of thioether (sulfide) groups is 1. The minimum atomic E-state index is -0.0512. The Morgan fingerprint density at radius 2 is 1.96 bits per heavy atom. The number of ether oxygens (including phenoxy) is 1. The number of aromatic nitrogens is 3. The molecule has 1 aliphatic rings. The zero-order valence-electron chi connectivity index (χ0n) is 16.1. The van der Waals surface area contributed by atoms with Crippen molar-refractivity contribution in [3.8, 4) is 5.75 Å². The van der Waals surface area contributed by atoms with Gasteiger partial charge >= 0.3 is 0 Å². The molecule has 27 heavy (non-hydrogen) atoms. The molecular weight excluding hydrogens is 360 g/mol. The van der Waals surface area contributed by atoms with Gasteiger partial charge in [0.1, 0.15) is 11.6 Å². The van der Waals surface area contributed by atoms with Crippen LogP contribution in [-0.2, 0) is 17.8 Å².